The summed E-state index contributed by atoms with van der Waals surface area (Å²) in [5.41, 5.74) is 0. The van der Waals surface area contributed by atoms with Gasteiger partial charge in [-0.1, -0.05) is 6.92 Å². The molecule has 0 saturated heterocycles. The molecule has 2 N–H and O–H groups in total. The van der Waals surface area contributed by atoms with Crippen molar-refractivity contribution in [3.8, 4) is 0 Å². The third kappa shape index (κ3) is 9.49. The van der Waals surface area contributed by atoms with Crippen LogP contribution in [0.15, 0.2) is 4.99 Å². The Labute approximate surface area is 128 Å². The summed E-state index contributed by atoms with van der Waals surface area (Å²) in [7, 11) is 3.46. The lowest BCUT2D eigenvalue weighted by Crippen LogP contribution is -2.45. The van der Waals surface area contributed by atoms with Crippen LogP contribution in [0.3, 0.4) is 0 Å². The van der Waals surface area contributed by atoms with E-state index in [0.29, 0.717) is 18.0 Å². The van der Waals surface area contributed by atoms with E-state index in [2.05, 4.69) is 29.5 Å². The molecule has 108 valence electrons. The lowest BCUT2D eigenvalue weighted by Gasteiger charge is -2.19. The molecule has 1 amide bonds. The van der Waals surface area contributed by atoms with Gasteiger partial charge in [-0.15, -0.1) is 24.0 Å². The van der Waals surface area contributed by atoms with Crippen molar-refractivity contribution in [1.29, 1.82) is 0 Å². The highest BCUT2D eigenvalue weighted by Gasteiger charge is 2.07. The fraction of sp³-hybridized carbons (Fsp3) is 0.833. The Balaban J connectivity index is 0. The number of nitrogens with zero attached hydrogens (tertiary/aromatic N) is 2. The van der Waals surface area contributed by atoms with Crippen molar-refractivity contribution in [3.05, 3.63) is 0 Å². The smallest absolute Gasteiger partial charge is 0.243 e. The Bertz CT molecular complexity index is 267. The molecule has 0 heterocycles. The molecule has 0 aromatic carbocycles. The first kappa shape index (κ1) is 19.8. The number of amides is 1. The molecule has 0 bridgehead atoms. The van der Waals surface area contributed by atoms with Gasteiger partial charge in [-0.3, -0.25) is 4.79 Å². The predicted octanol–water partition coefficient (Wildman–Crippen LogP) is 1.43. The molecule has 0 aromatic heterocycles. The van der Waals surface area contributed by atoms with Gasteiger partial charge < -0.3 is 15.5 Å². The van der Waals surface area contributed by atoms with Crippen LogP contribution < -0.4 is 10.6 Å². The van der Waals surface area contributed by atoms with Gasteiger partial charge in [-0.2, -0.15) is 0 Å². The van der Waals surface area contributed by atoms with E-state index in [1.54, 1.807) is 19.0 Å². The second-order valence-corrected chi connectivity index (χ2v) is 4.71. The highest BCUT2D eigenvalue weighted by Crippen LogP contribution is 1.90. The Morgan fingerprint density at radius 2 is 1.78 bits per heavy atom. The van der Waals surface area contributed by atoms with Crippen molar-refractivity contribution in [2.24, 2.45) is 4.99 Å². The normalized spacial score (nSPS) is 12.7. The Morgan fingerprint density at radius 3 is 2.17 bits per heavy atom. The number of guanidine groups is 1. The molecule has 0 saturated carbocycles. The number of hydrogen-bond acceptors (Lipinski definition) is 2. The van der Waals surface area contributed by atoms with E-state index in [1.807, 2.05) is 13.8 Å². The zero-order chi connectivity index (χ0) is 13.4. The summed E-state index contributed by atoms with van der Waals surface area (Å²) < 4.78 is 0. The van der Waals surface area contributed by atoms with Gasteiger partial charge in [0.2, 0.25) is 5.91 Å². The molecule has 0 aliphatic rings. The molecule has 0 radical (unpaired) electrons. The molecule has 18 heavy (non-hydrogen) atoms. The van der Waals surface area contributed by atoms with Gasteiger partial charge in [0.05, 0.1) is 0 Å². The zero-order valence-corrected chi connectivity index (χ0v) is 14.6. The second-order valence-electron chi connectivity index (χ2n) is 4.71. The molecule has 0 aliphatic heterocycles. The monoisotopic (exact) mass is 370 g/mol. The van der Waals surface area contributed by atoms with E-state index in [1.165, 1.54) is 0 Å². The predicted molar refractivity (Wildman–Crippen MR) is 87.6 cm³/mol. The van der Waals surface area contributed by atoms with Crippen LogP contribution in [-0.4, -0.2) is 49.5 Å². The second kappa shape index (κ2) is 10.4. The van der Waals surface area contributed by atoms with Crippen LogP contribution in [0.5, 0.6) is 0 Å². The summed E-state index contributed by atoms with van der Waals surface area (Å²) in [4.78, 5) is 17.3. The molecule has 0 aromatic rings. The van der Waals surface area contributed by atoms with E-state index in [4.69, 9.17) is 0 Å². The fourth-order valence-corrected chi connectivity index (χ4v) is 1.03. The van der Waals surface area contributed by atoms with E-state index >= 15 is 0 Å². The van der Waals surface area contributed by atoms with Crippen molar-refractivity contribution in [2.45, 2.75) is 46.2 Å². The Kier molecular flexibility index (Phi) is 11.4. The minimum absolute atomic E-state index is 0. The standard InChI is InChI=1S/C12H26N4O.HI/c1-7-10(4)15-12(14-9(2)3)13-8-11(17)16(5)6;/h9-10H,7-8H2,1-6H3,(H2,13,14,15);1H. The summed E-state index contributed by atoms with van der Waals surface area (Å²) in [6, 6.07) is 0.634. The maximum absolute atomic E-state index is 11.5. The number of rotatable bonds is 5. The molecule has 0 fully saturated rings. The van der Waals surface area contributed by atoms with Crippen molar-refractivity contribution >= 4 is 35.8 Å². The van der Waals surface area contributed by atoms with Crippen LogP contribution in [0.25, 0.3) is 0 Å². The molecule has 0 rings (SSSR count). The third-order valence-electron chi connectivity index (χ3n) is 2.29. The summed E-state index contributed by atoms with van der Waals surface area (Å²) in [5, 5.41) is 6.47. The van der Waals surface area contributed by atoms with Crippen molar-refractivity contribution < 1.29 is 4.79 Å². The number of nitrogens with one attached hydrogen (secondary N) is 2. The fourth-order valence-electron chi connectivity index (χ4n) is 1.03. The quantitative estimate of drug-likeness (QED) is 0.438. The minimum Gasteiger partial charge on any atom is -0.354 e. The van der Waals surface area contributed by atoms with Gasteiger partial charge >= 0.3 is 0 Å². The van der Waals surface area contributed by atoms with Gasteiger partial charge in [0, 0.05) is 26.2 Å². The van der Waals surface area contributed by atoms with Gasteiger partial charge in [0.15, 0.2) is 5.96 Å². The minimum atomic E-state index is -0.000919. The SMILES string of the molecule is CCC(C)NC(=NCC(=O)N(C)C)NC(C)C.I. The average Bonchev–Trinajstić information content (AvgIpc) is 2.24. The number of hydrogen-bond donors (Lipinski definition) is 2. The first-order valence-corrected chi connectivity index (χ1v) is 6.14. The largest absolute Gasteiger partial charge is 0.354 e. The molecule has 0 aliphatic carbocycles. The number of halogens is 1. The molecule has 1 unspecified atom stereocenters. The Morgan fingerprint density at radius 1 is 1.22 bits per heavy atom. The number of aliphatic imine (C=N–C) groups is 1. The topological polar surface area (TPSA) is 56.7 Å². The highest BCUT2D eigenvalue weighted by atomic mass is 127. The third-order valence-corrected chi connectivity index (χ3v) is 2.29. The summed E-state index contributed by atoms with van der Waals surface area (Å²) in [6.07, 6.45) is 1.01. The molecule has 6 heteroatoms. The van der Waals surface area contributed by atoms with Crippen molar-refractivity contribution in [1.82, 2.24) is 15.5 Å². The number of likely N-dealkylation sites (N-methyl/N-ethyl adjacent to an activating group) is 1. The first-order chi connectivity index (χ1) is 7.86. The summed E-state index contributed by atoms with van der Waals surface area (Å²) in [5.74, 6) is 0.698. The van der Waals surface area contributed by atoms with E-state index in [-0.39, 0.29) is 36.4 Å². The molecule has 0 spiro atoms. The van der Waals surface area contributed by atoms with Crippen LogP contribution in [0.4, 0.5) is 0 Å². The van der Waals surface area contributed by atoms with Crippen LogP contribution in [0, 0.1) is 0 Å². The zero-order valence-electron chi connectivity index (χ0n) is 12.3. The number of carbonyl (C=O) groups is 1. The average molecular weight is 370 g/mol. The van der Waals surface area contributed by atoms with Gasteiger partial charge in [0.25, 0.3) is 0 Å². The summed E-state index contributed by atoms with van der Waals surface area (Å²) in [6.45, 7) is 8.45. The van der Waals surface area contributed by atoms with Gasteiger partial charge in [0.1, 0.15) is 6.54 Å². The van der Waals surface area contributed by atoms with Crippen LogP contribution in [-0.2, 0) is 4.79 Å². The van der Waals surface area contributed by atoms with E-state index in [9.17, 15) is 4.79 Å². The maximum Gasteiger partial charge on any atom is 0.243 e. The van der Waals surface area contributed by atoms with Gasteiger partial charge in [-0.05, 0) is 27.2 Å². The summed E-state index contributed by atoms with van der Waals surface area (Å²) >= 11 is 0. The van der Waals surface area contributed by atoms with Crippen LogP contribution in [0.2, 0.25) is 0 Å². The van der Waals surface area contributed by atoms with Crippen LogP contribution >= 0.6 is 24.0 Å². The lowest BCUT2D eigenvalue weighted by atomic mass is 10.3. The van der Waals surface area contributed by atoms with Crippen molar-refractivity contribution in [2.75, 3.05) is 20.6 Å². The van der Waals surface area contributed by atoms with Crippen molar-refractivity contribution in [3.63, 3.8) is 0 Å². The molecule has 1 atom stereocenters. The molecular formula is C12H27IN4O. The lowest BCUT2D eigenvalue weighted by molar-refractivity contribution is -0.127. The first-order valence-electron chi connectivity index (χ1n) is 6.14. The number of carbonyl (C=O) groups excluding carboxylic acids is 1. The maximum atomic E-state index is 11.5. The van der Waals surface area contributed by atoms with E-state index in [0.717, 1.165) is 6.42 Å². The van der Waals surface area contributed by atoms with Gasteiger partial charge in [-0.25, -0.2) is 4.99 Å². The van der Waals surface area contributed by atoms with Crippen LogP contribution in [0.1, 0.15) is 34.1 Å². The van der Waals surface area contributed by atoms with E-state index < -0.39 is 0 Å². The highest BCUT2D eigenvalue weighted by molar-refractivity contribution is 14.0. The molecule has 5 nitrogen and oxygen atoms in total. The Hall–Kier alpha value is -0.530. The molecular weight excluding hydrogens is 343 g/mol.